The van der Waals surface area contributed by atoms with Crippen LogP contribution in [0.5, 0.6) is 0 Å². The second-order valence-corrected chi connectivity index (χ2v) is 5.95. The van der Waals surface area contributed by atoms with Gasteiger partial charge in [0, 0.05) is 22.0 Å². The van der Waals surface area contributed by atoms with E-state index >= 15 is 0 Å². The van der Waals surface area contributed by atoms with Gasteiger partial charge in [-0.25, -0.2) is 14.8 Å². The Hall–Kier alpha value is -2.08. The molecule has 0 atom stereocenters. The number of aromatic nitrogens is 2. The van der Waals surface area contributed by atoms with Gasteiger partial charge in [0.1, 0.15) is 0 Å². The monoisotopic (exact) mass is 303 g/mol. The summed E-state index contributed by atoms with van der Waals surface area (Å²) in [6.07, 6.45) is 0. The summed E-state index contributed by atoms with van der Waals surface area (Å²) in [6, 6.07) is 3.41. The van der Waals surface area contributed by atoms with Gasteiger partial charge in [-0.15, -0.1) is 0 Å². The average molecular weight is 303 g/mol. The van der Waals surface area contributed by atoms with Crippen LogP contribution in [0.3, 0.4) is 0 Å². The summed E-state index contributed by atoms with van der Waals surface area (Å²) in [4.78, 5) is 20.8. The number of carboxylic acid groups (broad SMARTS) is 1. The summed E-state index contributed by atoms with van der Waals surface area (Å²) in [7, 11) is 0. The third-order valence-corrected chi connectivity index (χ3v) is 4.25. The minimum Gasteiger partial charge on any atom is -0.478 e. The topological polar surface area (TPSA) is 89.1 Å². The number of carbonyl (C=O) groups is 1. The van der Waals surface area contributed by atoms with Crippen LogP contribution in [-0.2, 0) is 0 Å². The maximum Gasteiger partial charge on any atom is 0.337 e. The molecule has 0 saturated heterocycles. The highest BCUT2D eigenvalue weighted by molar-refractivity contribution is 7.99. The highest BCUT2D eigenvalue weighted by Gasteiger charge is 2.14. The van der Waals surface area contributed by atoms with E-state index in [1.54, 1.807) is 13.0 Å². The average Bonchev–Trinajstić information content (AvgIpc) is 2.39. The predicted molar refractivity (Wildman–Crippen MR) is 82.9 cm³/mol. The van der Waals surface area contributed by atoms with Crippen LogP contribution >= 0.6 is 11.8 Å². The summed E-state index contributed by atoms with van der Waals surface area (Å²) in [5.74, 6) is -1.03. The maximum absolute atomic E-state index is 11.2. The zero-order chi connectivity index (χ0) is 15.7. The van der Waals surface area contributed by atoms with Crippen molar-refractivity contribution in [2.75, 3.05) is 5.73 Å². The van der Waals surface area contributed by atoms with Crippen molar-refractivity contribution in [2.45, 2.75) is 37.7 Å². The van der Waals surface area contributed by atoms with E-state index in [0.717, 1.165) is 27.4 Å². The molecule has 2 aromatic rings. The molecule has 0 fully saturated rings. The summed E-state index contributed by atoms with van der Waals surface area (Å²) < 4.78 is 0. The van der Waals surface area contributed by atoms with E-state index in [0.29, 0.717) is 10.8 Å². The Kier molecular flexibility index (Phi) is 4.18. The van der Waals surface area contributed by atoms with Crippen molar-refractivity contribution in [1.29, 1.82) is 0 Å². The molecule has 0 aliphatic rings. The Labute approximate surface area is 127 Å². The highest BCUT2D eigenvalue weighted by Crippen LogP contribution is 2.30. The number of hydrogen-bond acceptors (Lipinski definition) is 5. The summed E-state index contributed by atoms with van der Waals surface area (Å²) >= 11 is 1.34. The van der Waals surface area contributed by atoms with Gasteiger partial charge in [-0.3, -0.25) is 0 Å². The molecule has 0 radical (unpaired) electrons. The van der Waals surface area contributed by atoms with E-state index in [1.807, 2.05) is 26.8 Å². The number of nitrogens with two attached hydrogens (primary N) is 1. The maximum atomic E-state index is 11.2. The van der Waals surface area contributed by atoms with Crippen LogP contribution in [-0.4, -0.2) is 21.0 Å². The van der Waals surface area contributed by atoms with E-state index in [1.165, 1.54) is 11.8 Å². The van der Waals surface area contributed by atoms with Crippen LogP contribution in [0.25, 0.3) is 0 Å². The normalized spacial score (nSPS) is 10.7. The fraction of sp³-hybridized carbons (Fsp3) is 0.267. The molecular formula is C15H17N3O2S. The zero-order valence-electron chi connectivity index (χ0n) is 12.4. The van der Waals surface area contributed by atoms with Crippen molar-refractivity contribution >= 4 is 23.4 Å². The van der Waals surface area contributed by atoms with Crippen LogP contribution in [0.4, 0.5) is 5.69 Å². The number of hydrogen-bond donors (Lipinski definition) is 2. The number of carboxylic acids is 1. The van der Waals surface area contributed by atoms with Crippen molar-refractivity contribution in [2.24, 2.45) is 0 Å². The number of aryl methyl sites for hydroxylation is 3. The molecule has 0 amide bonds. The number of nitrogens with zero attached hydrogens (tertiary/aromatic N) is 2. The molecule has 3 N–H and O–H groups in total. The Morgan fingerprint density at radius 3 is 2.24 bits per heavy atom. The predicted octanol–water partition coefficient (Wildman–Crippen LogP) is 3.14. The van der Waals surface area contributed by atoms with Crippen LogP contribution in [0.15, 0.2) is 22.2 Å². The largest absolute Gasteiger partial charge is 0.478 e. The lowest BCUT2D eigenvalue weighted by Crippen LogP contribution is -2.04. The van der Waals surface area contributed by atoms with Gasteiger partial charge in [-0.2, -0.15) is 0 Å². The Bertz CT molecular complexity index is 706. The molecule has 0 aliphatic carbocycles. The molecule has 1 aromatic carbocycles. The Morgan fingerprint density at radius 2 is 1.71 bits per heavy atom. The minimum absolute atomic E-state index is 0.109. The molecule has 110 valence electrons. The van der Waals surface area contributed by atoms with Crippen molar-refractivity contribution < 1.29 is 9.90 Å². The molecule has 0 unspecified atom stereocenters. The summed E-state index contributed by atoms with van der Waals surface area (Å²) in [5.41, 5.74) is 9.85. The number of anilines is 1. The van der Waals surface area contributed by atoms with E-state index in [-0.39, 0.29) is 5.56 Å². The molecule has 2 rings (SSSR count). The first-order valence-electron chi connectivity index (χ1n) is 6.42. The second-order valence-electron chi connectivity index (χ2n) is 4.91. The molecule has 0 bridgehead atoms. The number of nitrogen functional groups attached to an aromatic ring is 1. The van der Waals surface area contributed by atoms with Crippen LogP contribution in [0.2, 0.25) is 0 Å². The number of benzene rings is 1. The van der Waals surface area contributed by atoms with E-state index < -0.39 is 5.97 Å². The van der Waals surface area contributed by atoms with Gasteiger partial charge < -0.3 is 10.8 Å². The van der Waals surface area contributed by atoms with E-state index in [2.05, 4.69) is 9.97 Å². The SMILES string of the molecule is Cc1cc(Sc2nc(C)c(C)c(C)n2)cc(C(=O)O)c1N. The van der Waals surface area contributed by atoms with Crippen LogP contribution < -0.4 is 5.73 Å². The smallest absolute Gasteiger partial charge is 0.337 e. The van der Waals surface area contributed by atoms with Gasteiger partial charge in [-0.1, -0.05) is 0 Å². The molecule has 5 nitrogen and oxygen atoms in total. The summed E-state index contributed by atoms with van der Waals surface area (Å²) in [5, 5.41) is 9.79. The fourth-order valence-electron chi connectivity index (χ4n) is 1.89. The van der Waals surface area contributed by atoms with Crippen molar-refractivity contribution in [3.05, 3.63) is 40.2 Å². The third-order valence-electron chi connectivity index (χ3n) is 3.41. The lowest BCUT2D eigenvalue weighted by molar-refractivity contribution is 0.0697. The molecule has 1 heterocycles. The quantitative estimate of drug-likeness (QED) is 0.669. The van der Waals surface area contributed by atoms with E-state index in [9.17, 15) is 9.90 Å². The fourth-order valence-corrected chi connectivity index (χ4v) is 2.88. The highest BCUT2D eigenvalue weighted by atomic mass is 32.2. The standard InChI is InChI=1S/C15H17N3O2S/c1-7-5-11(6-12(13(7)16)14(19)20)21-15-17-9(3)8(2)10(4)18-15/h5-6H,16H2,1-4H3,(H,19,20). The molecular weight excluding hydrogens is 286 g/mol. The lowest BCUT2D eigenvalue weighted by atomic mass is 10.1. The Morgan fingerprint density at radius 1 is 1.14 bits per heavy atom. The second kappa shape index (κ2) is 5.73. The van der Waals surface area contributed by atoms with Gasteiger partial charge in [0.2, 0.25) is 0 Å². The molecule has 0 saturated carbocycles. The first kappa shape index (κ1) is 15.3. The van der Waals surface area contributed by atoms with Gasteiger partial charge in [0.05, 0.1) is 5.56 Å². The Balaban J connectivity index is 2.43. The van der Waals surface area contributed by atoms with E-state index in [4.69, 9.17) is 5.73 Å². The van der Waals surface area contributed by atoms with Crippen molar-refractivity contribution in [1.82, 2.24) is 9.97 Å². The van der Waals surface area contributed by atoms with Gasteiger partial charge in [0.15, 0.2) is 5.16 Å². The first-order valence-corrected chi connectivity index (χ1v) is 7.24. The molecule has 21 heavy (non-hydrogen) atoms. The van der Waals surface area contributed by atoms with Crippen molar-refractivity contribution in [3.63, 3.8) is 0 Å². The summed E-state index contributed by atoms with van der Waals surface area (Å²) in [6.45, 7) is 7.64. The molecule has 0 spiro atoms. The van der Waals surface area contributed by atoms with Gasteiger partial charge >= 0.3 is 5.97 Å². The molecule has 0 aliphatic heterocycles. The first-order chi connectivity index (χ1) is 9.79. The van der Waals surface area contributed by atoms with Crippen LogP contribution in [0, 0.1) is 27.7 Å². The molecule has 1 aromatic heterocycles. The van der Waals surface area contributed by atoms with Gasteiger partial charge in [-0.05, 0) is 62.7 Å². The number of rotatable bonds is 3. The lowest BCUT2D eigenvalue weighted by Gasteiger charge is -2.10. The molecule has 6 heteroatoms. The van der Waals surface area contributed by atoms with Gasteiger partial charge in [0.25, 0.3) is 0 Å². The third kappa shape index (κ3) is 3.16. The number of aromatic carboxylic acids is 1. The van der Waals surface area contributed by atoms with Crippen LogP contribution in [0.1, 0.15) is 32.9 Å². The van der Waals surface area contributed by atoms with Crippen molar-refractivity contribution in [3.8, 4) is 0 Å². The minimum atomic E-state index is -1.03. The zero-order valence-corrected chi connectivity index (χ0v) is 13.2.